The lowest BCUT2D eigenvalue weighted by atomic mass is 10.0. The molecule has 7 rings (SSSR count). The number of rotatable bonds is 11. The molecule has 11 heteroatoms. The Labute approximate surface area is 292 Å². The van der Waals surface area contributed by atoms with Crippen LogP contribution in [0.3, 0.4) is 0 Å². The number of benzene rings is 4. The van der Waals surface area contributed by atoms with Gasteiger partial charge in [0.25, 0.3) is 5.56 Å². The molecule has 3 heterocycles. The van der Waals surface area contributed by atoms with Crippen LogP contribution in [-0.2, 0) is 36.8 Å². The number of thioether (sulfide) groups is 1. The number of ether oxygens (including phenoxy) is 2. The number of fused-ring (bicyclic) bond motifs is 1. The van der Waals surface area contributed by atoms with E-state index < -0.39 is 47.0 Å². The minimum atomic E-state index is -0.761. The van der Waals surface area contributed by atoms with Crippen molar-refractivity contribution >= 4 is 29.6 Å². The van der Waals surface area contributed by atoms with Crippen molar-refractivity contribution < 1.29 is 28.4 Å². The highest BCUT2D eigenvalue weighted by Crippen LogP contribution is 2.41. The van der Waals surface area contributed by atoms with E-state index in [1.165, 1.54) is 22.7 Å². The number of amides is 1. The van der Waals surface area contributed by atoms with Crippen molar-refractivity contribution in [3.8, 4) is 0 Å². The first-order valence-corrected chi connectivity index (χ1v) is 17.1. The van der Waals surface area contributed by atoms with E-state index in [4.69, 9.17) is 19.7 Å². The molecule has 1 amide bonds. The fraction of sp³-hybridized carbons (Fsp3) is 0.179. The maximum absolute atomic E-state index is 14.1. The predicted octanol–water partition coefficient (Wildman–Crippen LogP) is 5.15. The summed E-state index contributed by atoms with van der Waals surface area (Å²) in [7, 11) is 0. The second kappa shape index (κ2) is 14.5. The number of nitrogens with two attached hydrogens (primary N) is 1. The van der Waals surface area contributed by atoms with Crippen LogP contribution in [0.4, 0.5) is 0 Å². The fourth-order valence-corrected chi connectivity index (χ4v) is 7.41. The molecular formula is C39H33N3O7S. The van der Waals surface area contributed by atoms with Crippen molar-refractivity contribution in [3.63, 3.8) is 0 Å². The normalized spacial score (nSPS) is 17.0. The van der Waals surface area contributed by atoms with Crippen LogP contribution in [0.1, 0.15) is 40.2 Å². The van der Waals surface area contributed by atoms with Crippen LogP contribution in [0.25, 0.3) is 0 Å². The standard InChI is InChI=1S/C39H33N3O7S/c40-33-37(45)42-34(39(46)48-36(27-17-9-3-10-18-27)28-19-11-4-12-20-28)29(24-50-38(33)42)23-41-31(43)21-30(49-41)22-32(44)47-35(25-13-5-1-6-14-25)26-15-7-2-8-16-26/h1-21,33,35-36,38H,22-24,40H2/t33?,38-/m1/s1. The van der Waals surface area contributed by atoms with Gasteiger partial charge in [-0.2, -0.15) is 4.74 Å². The highest BCUT2D eigenvalue weighted by Gasteiger charge is 2.52. The van der Waals surface area contributed by atoms with Crippen LogP contribution in [0.2, 0.25) is 0 Å². The Morgan fingerprint density at radius 3 is 1.74 bits per heavy atom. The molecule has 2 aliphatic rings. The first-order chi connectivity index (χ1) is 24.4. The van der Waals surface area contributed by atoms with E-state index in [9.17, 15) is 19.2 Å². The molecule has 2 atom stereocenters. The number of β-lactam (4-membered cyclic amide) rings is 1. The van der Waals surface area contributed by atoms with Gasteiger partial charge in [-0.3, -0.25) is 19.3 Å². The quantitative estimate of drug-likeness (QED) is 0.148. The summed E-state index contributed by atoms with van der Waals surface area (Å²) in [5, 5.41) is -0.443. The first-order valence-electron chi connectivity index (χ1n) is 16.1. The van der Waals surface area contributed by atoms with Crippen molar-refractivity contribution in [3.05, 3.63) is 177 Å². The van der Waals surface area contributed by atoms with Crippen LogP contribution < -0.4 is 11.3 Å². The summed E-state index contributed by atoms with van der Waals surface area (Å²) in [6.07, 6.45) is -1.70. The van der Waals surface area contributed by atoms with Gasteiger partial charge in [-0.05, 0) is 27.8 Å². The smallest absolute Gasteiger partial charge is 0.356 e. The van der Waals surface area contributed by atoms with Crippen LogP contribution >= 0.6 is 11.8 Å². The summed E-state index contributed by atoms with van der Waals surface area (Å²) in [6.45, 7) is -0.144. The zero-order valence-electron chi connectivity index (χ0n) is 26.8. The average molecular weight is 688 g/mol. The van der Waals surface area contributed by atoms with Gasteiger partial charge in [0, 0.05) is 11.8 Å². The number of aromatic nitrogens is 1. The van der Waals surface area contributed by atoms with E-state index in [1.807, 2.05) is 121 Å². The largest absolute Gasteiger partial charge is 0.452 e. The van der Waals surface area contributed by atoms with Crippen molar-refractivity contribution in [1.29, 1.82) is 0 Å². The maximum Gasteiger partial charge on any atom is 0.356 e. The van der Waals surface area contributed by atoms with E-state index in [0.717, 1.165) is 27.0 Å². The lowest BCUT2D eigenvalue weighted by Gasteiger charge is -2.48. The number of hydrogen-bond acceptors (Lipinski definition) is 9. The highest BCUT2D eigenvalue weighted by atomic mass is 32.2. The molecule has 1 saturated heterocycles. The zero-order chi connectivity index (χ0) is 34.6. The minimum absolute atomic E-state index is 0.0372. The summed E-state index contributed by atoms with van der Waals surface area (Å²) >= 11 is 1.39. The molecule has 1 unspecified atom stereocenters. The van der Waals surface area contributed by atoms with Gasteiger partial charge in [-0.15, -0.1) is 11.8 Å². The Kier molecular flexibility index (Phi) is 9.50. The molecule has 1 fully saturated rings. The summed E-state index contributed by atoms with van der Waals surface area (Å²) in [5.41, 5.74) is 9.18. The Bertz CT molecular complexity index is 2000. The molecule has 50 heavy (non-hydrogen) atoms. The molecular weight excluding hydrogens is 655 g/mol. The Morgan fingerprint density at radius 2 is 1.24 bits per heavy atom. The number of carbonyl (C=O) groups excluding carboxylic acids is 3. The van der Waals surface area contributed by atoms with E-state index in [0.29, 0.717) is 11.3 Å². The molecule has 0 saturated carbocycles. The topological polar surface area (TPSA) is 134 Å². The van der Waals surface area contributed by atoms with Gasteiger partial charge in [0.15, 0.2) is 12.2 Å². The second-order valence-electron chi connectivity index (χ2n) is 11.9. The van der Waals surface area contributed by atoms with E-state index >= 15 is 0 Å². The molecule has 2 N–H and O–H groups in total. The third-order valence-corrected chi connectivity index (χ3v) is 9.94. The molecule has 4 aromatic carbocycles. The molecule has 252 valence electrons. The van der Waals surface area contributed by atoms with Crippen LogP contribution in [0.5, 0.6) is 0 Å². The van der Waals surface area contributed by atoms with Gasteiger partial charge in [-0.25, -0.2) is 4.79 Å². The molecule has 0 spiro atoms. The SMILES string of the molecule is NC1C(=O)N2C(C(=O)OC(c3ccccc3)c3ccccc3)=C(Cn3oc(CC(=O)OC(c4ccccc4)c4ccccc4)cc3=O)CS[C@H]12. The molecule has 0 radical (unpaired) electrons. The maximum atomic E-state index is 14.1. The van der Waals surface area contributed by atoms with E-state index in [2.05, 4.69) is 0 Å². The molecule has 5 aromatic rings. The predicted molar refractivity (Wildman–Crippen MR) is 186 cm³/mol. The summed E-state index contributed by atoms with van der Waals surface area (Å²) in [6, 6.07) is 37.8. The van der Waals surface area contributed by atoms with Crippen molar-refractivity contribution in [2.45, 2.75) is 36.6 Å². The lowest BCUT2D eigenvalue weighted by Crippen LogP contribution is -2.68. The fourth-order valence-electron chi connectivity index (χ4n) is 6.13. The number of nitrogens with zero attached hydrogens (tertiary/aromatic N) is 2. The molecule has 0 bridgehead atoms. The van der Waals surface area contributed by atoms with E-state index in [1.54, 1.807) is 0 Å². The van der Waals surface area contributed by atoms with Crippen LogP contribution in [-0.4, -0.2) is 44.7 Å². The average Bonchev–Trinajstić information content (AvgIpc) is 3.50. The van der Waals surface area contributed by atoms with Gasteiger partial charge in [0.2, 0.25) is 5.91 Å². The molecule has 10 nitrogen and oxygen atoms in total. The third-order valence-electron chi connectivity index (χ3n) is 8.58. The van der Waals surface area contributed by atoms with Crippen LogP contribution in [0.15, 0.2) is 148 Å². The number of carbonyl (C=O) groups is 3. The zero-order valence-corrected chi connectivity index (χ0v) is 27.6. The van der Waals surface area contributed by atoms with Crippen molar-refractivity contribution in [2.24, 2.45) is 5.73 Å². The molecule has 0 aliphatic carbocycles. The van der Waals surface area contributed by atoms with Gasteiger partial charge in [0.1, 0.15) is 29.3 Å². The third kappa shape index (κ3) is 6.78. The number of esters is 2. The number of hydrogen-bond donors (Lipinski definition) is 1. The lowest BCUT2D eigenvalue weighted by molar-refractivity contribution is -0.153. The molecule has 1 aromatic heterocycles. The summed E-state index contributed by atoms with van der Waals surface area (Å²) in [5.74, 6) is -1.32. The second-order valence-corrected chi connectivity index (χ2v) is 13.0. The van der Waals surface area contributed by atoms with Crippen molar-refractivity contribution in [1.82, 2.24) is 9.64 Å². The van der Waals surface area contributed by atoms with Gasteiger partial charge in [-0.1, -0.05) is 121 Å². The Morgan fingerprint density at radius 1 is 0.760 bits per heavy atom. The minimum Gasteiger partial charge on any atom is -0.452 e. The van der Waals surface area contributed by atoms with Gasteiger partial charge in [0.05, 0.1) is 6.54 Å². The Hall–Kier alpha value is -5.65. The van der Waals surface area contributed by atoms with Crippen molar-refractivity contribution in [2.75, 3.05) is 5.75 Å². The van der Waals surface area contributed by atoms with E-state index in [-0.39, 0.29) is 24.4 Å². The van der Waals surface area contributed by atoms with Gasteiger partial charge >= 0.3 is 11.9 Å². The Balaban J connectivity index is 1.14. The summed E-state index contributed by atoms with van der Waals surface area (Å²) < 4.78 is 18.9. The molecule has 2 aliphatic heterocycles. The van der Waals surface area contributed by atoms with Crippen LogP contribution in [0, 0.1) is 0 Å². The first kappa shape index (κ1) is 32.9. The van der Waals surface area contributed by atoms with Gasteiger partial charge < -0.3 is 19.7 Å². The monoisotopic (exact) mass is 687 g/mol. The summed E-state index contributed by atoms with van der Waals surface area (Å²) in [4.78, 5) is 54.8. The highest BCUT2D eigenvalue weighted by molar-refractivity contribution is 8.00.